The summed E-state index contributed by atoms with van der Waals surface area (Å²) in [5, 5.41) is 3.26. The summed E-state index contributed by atoms with van der Waals surface area (Å²) in [6.07, 6.45) is 0. The number of benzene rings is 1. The average Bonchev–Trinajstić information content (AvgIpc) is 2.47. The van der Waals surface area contributed by atoms with Crippen LogP contribution in [0.2, 0.25) is 0 Å². The van der Waals surface area contributed by atoms with Gasteiger partial charge in [-0.2, -0.15) is 0 Å². The highest BCUT2D eigenvalue weighted by atomic mass is 16.1. The van der Waals surface area contributed by atoms with Crippen LogP contribution in [0.5, 0.6) is 0 Å². The molecule has 2 aromatic rings. The topological polar surface area (TPSA) is 49.8 Å². The Morgan fingerprint density at radius 3 is 3.23 bits per heavy atom. The van der Waals surface area contributed by atoms with E-state index in [1.54, 1.807) is 4.57 Å². The maximum absolute atomic E-state index is 11.4. The van der Waals surface area contributed by atoms with Crippen molar-refractivity contribution in [3.05, 3.63) is 28.7 Å². The third kappa shape index (κ3) is 0.771. The van der Waals surface area contributed by atoms with E-state index in [1.807, 2.05) is 18.2 Å². The van der Waals surface area contributed by atoms with E-state index >= 15 is 0 Å². The molecule has 0 bridgehead atoms. The van der Waals surface area contributed by atoms with E-state index < -0.39 is 0 Å². The first-order valence-electron chi connectivity index (χ1n) is 4.32. The molecule has 66 valence electrons. The summed E-state index contributed by atoms with van der Waals surface area (Å²) in [7, 11) is 0. The first-order chi connectivity index (χ1) is 6.36. The van der Waals surface area contributed by atoms with Gasteiger partial charge >= 0.3 is 5.69 Å². The van der Waals surface area contributed by atoms with Crippen LogP contribution >= 0.6 is 0 Å². The molecule has 0 fully saturated rings. The maximum Gasteiger partial charge on any atom is 0.326 e. The van der Waals surface area contributed by atoms with Crippen molar-refractivity contribution in [1.29, 1.82) is 0 Å². The van der Waals surface area contributed by atoms with Gasteiger partial charge in [0.1, 0.15) is 0 Å². The van der Waals surface area contributed by atoms with Gasteiger partial charge in [-0.3, -0.25) is 4.57 Å². The lowest BCUT2D eigenvalue weighted by Crippen LogP contribution is -2.24. The molecule has 1 aliphatic rings. The molecule has 0 radical (unpaired) electrons. The Kier molecular flexibility index (Phi) is 1.12. The van der Waals surface area contributed by atoms with Crippen molar-refractivity contribution < 1.29 is 0 Å². The summed E-state index contributed by atoms with van der Waals surface area (Å²) in [4.78, 5) is 14.3. The largest absolute Gasteiger partial charge is 0.381 e. The predicted octanol–water partition coefficient (Wildman–Crippen LogP) is 0.755. The number of nitrogens with one attached hydrogen (secondary N) is 2. The Bertz CT molecular complexity index is 523. The standard InChI is InChI=1S/C9H9N3O/c13-9-11-7-3-1-2-6-8(7)12(9)5-4-10-6/h1-3,10H,4-5H2,(H,11,13). The lowest BCUT2D eigenvalue weighted by molar-refractivity contribution is 0.707. The highest BCUT2D eigenvalue weighted by Gasteiger charge is 2.13. The first-order valence-corrected chi connectivity index (χ1v) is 4.32. The Morgan fingerprint density at radius 1 is 1.38 bits per heavy atom. The van der Waals surface area contributed by atoms with Gasteiger partial charge < -0.3 is 10.3 Å². The fourth-order valence-corrected chi connectivity index (χ4v) is 1.88. The summed E-state index contributed by atoms with van der Waals surface area (Å²) in [5.74, 6) is 0. The van der Waals surface area contributed by atoms with Gasteiger partial charge in [0, 0.05) is 13.1 Å². The van der Waals surface area contributed by atoms with E-state index in [-0.39, 0.29) is 5.69 Å². The first kappa shape index (κ1) is 6.77. The molecule has 2 N–H and O–H groups in total. The smallest absolute Gasteiger partial charge is 0.326 e. The van der Waals surface area contributed by atoms with E-state index in [0.717, 1.165) is 29.8 Å². The molecular formula is C9H9N3O. The Labute approximate surface area is 74.2 Å². The molecule has 0 saturated heterocycles. The van der Waals surface area contributed by atoms with E-state index in [9.17, 15) is 4.79 Å². The molecule has 1 aromatic heterocycles. The molecule has 0 saturated carbocycles. The van der Waals surface area contributed by atoms with Crippen LogP contribution in [-0.2, 0) is 6.54 Å². The number of imidazole rings is 1. The van der Waals surface area contributed by atoms with Crippen LogP contribution < -0.4 is 11.0 Å². The number of aromatic nitrogens is 2. The fraction of sp³-hybridized carbons (Fsp3) is 0.222. The minimum Gasteiger partial charge on any atom is -0.381 e. The molecular weight excluding hydrogens is 166 g/mol. The molecule has 13 heavy (non-hydrogen) atoms. The summed E-state index contributed by atoms with van der Waals surface area (Å²) in [6, 6.07) is 5.85. The van der Waals surface area contributed by atoms with E-state index in [4.69, 9.17) is 0 Å². The number of nitrogens with zero attached hydrogens (tertiary/aromatic N) is 1. The molecule has 4 nitrogen and oxygen atoms in total. The molecule has 0 spiro atoms. The number of hydrogen-bond acceptors (Lipinski definition) is 2. The van der Waals surface area contributed by atoms with Gasteiger partial charge in [0.25, 0.3) is 0 Å². The minimum absolute atomic E-state index is 0.0102. The van der Waals surface area contributed by atoms with Crippen LogP contribution in [0.4, 0.5) is 5.69 Å². The average molecular weight is 175 g/mol. The summed E-state index contributed by atoms with van der Waals surface area (Å²) in [6.45, 7) is 1.57. The van der Waals surface area contributed by atoms with Crippen LogP contribution in [0, 0.1) is 0 Å². The highest BCUT2D eigenvalue weighted by molar-refractivity contribution is 5.89. The van der Waals surface area contributed by atoms with Crippen molar-refractivity contribution in [2.24, 2.45) is 0 Å². The van der Waals surface area contributed by atoms with Gasteiger partial charge in [-0.15, -0.1) is 0 Å². The second-order valence-corrected chi connectivity index (χ2v) is 3.21. The number of aromatic amines is 1. The van der Waals surface area contributed by atoms with Gasteiger partial charge in [0.15, 0.2) is 0 Å². The van der Waals surface area contributed by atoms with Crippen molar-refractivity contribution in [3.63, 3.8) is 0 Å². The molecule has 4 heteroatoms. The Balaban J connectivity index is 2.58. The second-order valence-electron chi connectivity index (χ2n) is 3.21. The third-order valence-corrected chi connectivity index (χ3v) is 2.44. The van der Waals surface area contributed by atoms with Gasteiger partial charge in [0.2, 0.25) is 0 Å². The lowest BCUT2D eigenvalue weighted by atomic mass is 10.2. The van der Waals surface area contributed by atoms with Gasteiger partial charge in [0.05, 0.1) is 16.7 Å². The molecule has 0 atom stereocenters. The second kappa shape index (κ2) is 2.16. The van der Waals surface area contributed by atoms with E-state index in [2.05, 4.69) is 10.3 Å². The quantitative estimate of drug-likeness (QED) is 0.621. The van der Waals surface area contributed by atoms with E-state index in [1.165, 1.54) is 0 Å². The molecule has 1 aromatic carbocycles. The number of anilines is 1. The molecule has 3 rings (SSSR count). The minimum atomic E-state index is -0.0102. The number of H-pyrrole nitrogens is 1. The maximum atomic E-state index is 11.4. The zero-order valence-corrected chi connectivity index (χ0v) is 7.00. The van der Waals surface area contributed by atoms with Crippen LogP contribution in [0.1, 0.15) is 0 Å². The van der Waals surface area contributed by atoms with Crippen molar-refractivity contribution in [3.8, 4) is 0 Å². The van der Waals surface area contributed by atoms with Crippen LogP contribution in [0.25, 0.3) is 11.0 Å². The van der Waals surface area contributed by atoms with Crippen LogP contribution in [-0.4, -0.2) is 16.1 Å². The molecule has 1 aliphatic heterocycles. The monoisotopic (exact) mass is 175 g/mol. The van der Waals surface area contributed by atoms with Crippen LogP contribution in [0.3, 0.4) is 0 Å². The van der Waals surface area contributed by atoms with Crippen molar-refractivity contribution in [2.75, 3.05) is 11.9 Å². The van der Waals surface area contributed by atoms with Crippen LogP contribution in [0.15, 0.2) is 23.0 Å². The summed E-state index contributed by atoms with van der Waals surface area (Å²) < 4.78 is 1.78. The number of para-hydroxylation sites is 1. The van der Waals surface area contributed by atoms with Crippen molar-refractivity contribution in [1.82, 2.24) is 9.55 Å². The van der Waals surface area contributed by atoms with Gasteiger partial charge in [-0.05, 0) is 12.1 Å². The summed E-state index contributed by atoms with van der Waals surface area (Å²) >= 11 is 0. The van der Waals surface area contributed by atoms with E-state index in [0.29, 0.717) is 0 Å². The SMILES string of the molecule is O=c1[nH]c2cccc3c2n1CCN3. The van der Waals surface area contributed by atoms with Crippen molar-refractivity contribution in [2.45, 2.75) is 6.54 Å². The van der Waals surface area contributed by atoms with Gasteiger partial charge in [-0.1, -0.05) is 6.07 Å². The third-order valence-electron chi connectivity index (χ3n) is 2.44. The molecule has 0 unspecified atom stereocenters. The number of hydrogen-bond donors (Lipinski definition) is 2. The summed E-state index contributed by atoms with van der Waals surface area (Å²) in [5.41, 5.74) is 2.94. The predicted molar refractivity (Wildman–Crippen MR) is 51.0 cm³/mol. The zero-order valence-electron chi connectivity index (χ0n) is 7.00. The lowest BCUT2D eigenvalue weighted by Gasteiger charge is -2.15. The Morgan fingerprint density at radius 2 is 2.31 bits per heavy atom. The number of rotatable bonds is 0. The highest BCUT2D eigenvalue weighted by Crippen LogP contribution is 2.23. The fourth-order valence-electron chi connectivity index (χ4n) is 1.88. The normalized spacial score (nSPS) is 14.5. The van der Waals surface area contributed by atoms with Gasteiger partial charge in [-0.25, -0.2) is 4.79 Å². The van der Waals surface area contributed by atoms with Crippen molar-refractivity contribution >= 4 is 16.7 Å². The molecule has 0 amide bonds. The molecule has 2 heterocycles. The zero-order chi connectivity index (χ0) is 8.84. The Hall–Kier alpha value is -1.71. The molecule has 0 aliphatic carbocycles.